The summed E-state index contributed by atoms with van der Waals surface area (Å²) in [5.41, 5.74) is 7.66. The molecule has 4 saturated carbocycles. The van der Waals surface area contributed by atoms with Gasteiger partial charge in [0.1, 0.15) is 17.9 Å². The fourth-order valence-corrected chi connectivity index (χ4v) is 9.95. The molecule has 0 aliphatic heterocycles. The van der Waals surface area contributed by atoms with Gasteiger partial charge in [0.25, 0.3) is 0 Å². The van der Waals surface area contributed by atoms with Gasteiger partial charge in [-0.25, -0.2) is 4.79 Å². The summed E-state index contributed by atoms with van der Waals surface area (Å²) >= 11 is 0. The molecule has 1 aromatic carbocycles. The van der Waals surface area contributed by atoms with Crippen molar-refractivity contribution in [2.24, 2.45) is 52.1 Å². The number of nitrogens with two attached hydrogens (primary N) is 1. The molecular weight excluding hydrogens is 512 g/mol. The molecule has 4 aliphatic rings. The summed E-state index contributed by atoms with van der Waals surface area (Å²) in [5, 5.41) is 2.90. The summed E-state index contributed by atoms with van der Waals surface area (Å²) in [6.07, 6.45) is 10.3. The molecule has 0 saturated heterocycles. The second-order valence-corrected chi connectivity index (χ2v) is 14.8. The van der Waals surface area contributed by atoms with Crippen LogP contribution >= 0.6 is 0 Å². The van der Waals surface area contributed by atoms with Crippen LogP contribution in [0.2, 0.25) is 0 Å². The molecule has 1 unspecified atom stereocenters. The Morgan fingerprint density at radius 3 is 2.32 bits per heavy atom. The molecule has 1 aromatic rings. The number of Topliss-reactive ketones (excluding diaryl/α,β-unsaturated/α-hetero) is 1. The standard InChI is InChI=1S/C35H52N2O4/c1-21(2)31(37-32(39)30(36)19-23-9-7-6-8-10-23)33(40)41-25-15-17-34(4)24(20-25)11-12-26-28-14-13-27(22(3)38)35(28,5)18-16-29(26)34/h6-10,21,24-31H,11-20,36H2,1-5H3,(H,37,39)/t24-,25?,26-,27+,28-,29-,30-,31-,34-,35+/m0/s1. The number of amides is 1. The van der Waals surface area contributed by atoms with Crippen LogP contribution in [0.5, 0.6) is 0 Å². The Morgan fingerprint density at radius 1 is 0.951 bits per heavy atom. The van der Waals surface area contributed by atoms with Gasteiger partial charge in [-0.05, 0) is 117 Å². The number of carbonyl (C=O) groups is 3. The largest absolute Gasteiger partial charge is 0.461 e. The van der Waals surface area contributed by atoms with Crippen LogP contribution in [0.15, 0.2) is 30.3 Å². The van der Waals surface area contributed by atoms with Gasteiger partial charge in [-0.3, -0.25) is 9.59 Å². The number of benzene rings is 1. The third kappa shape index (κ3) is 5.75. The molecule has 0 bridgehead atoms. The molecule has 0 aromatic heterocycles. The van der Waals surface area contributed by atoms with Gasteiger partial charge >= 0.3 is 5.97 Å². The molecule has 6 heteroatoms. The molecule has 0 heterocycles. The summed E-state index contributed by atoms with van der Waals surface area (Å²) < 4.78 is 6.14. The number of fused-ring (bicyclic) bond motifs is 5. The van der Waals surface area contributed by atoms with Crippen molar-refractivity contribution in [3.05, 3.63) is 35.9 Å². The van der Waals surface area contributed by atoms with Gasteiger partial charge < -0.3 is 15.8 Å². The van der Waals surface area contributed by atoms with E-state index in [0.29, 0.717) is 30.0 Å². The monoisotopic (exact) mass is 564 g/mol. The highest BCUT2D eigenvalue weighted by Gasteiger charge is 2.61. The highest BCUT2D eigenvalue weighted by Crippen LogP contribution is 2.67. The third-order valence-electron chi connectivity index (χ3n) is 12.2. The average Bonchev–Trinajstić information content (AvgIpc) is 3.29. The van der Waals surface area contributed by atoms with E-state index in [4.69, 9.17) is 10.5 Å². The lowest BCUT2D eigenvalue weighted by Gasteiger charge is -2.61. The van der Waals surface area contributed by atoms with Crippen molar-refractivity contribution in [3.8, 4) is 0 Å². The lowest BCUT2D eigenvalue weighted by molar-refractivity contribution is -0.166. The van der Waals surface area contributed by atoms with E-state index in [9.17, 15) is 14.4 Å². The first-order valence-corrected chi connectivity index (χ1v) is 16.2. The Morgan fingerprint density at radius 2 is 1.63 bits per heavy atom. The van der Waals surface area contributed by atoms with Crippen molar-refractivity contribution < 1.29 is 19.1 Å². The quantitative estimate of drug-likeness (QED) is 0.386. The van der Waals surface area contributed by atoms with Crippen LogP contribution in [-0.2, 0) is 25.5 Å². The van der Waals surface area contributed by atoms with Crippen molar-refractivity contribution >= 4 is 17.7 Å². The van der Waals surface area contributed by atoms with Crippen LogP contribution in [0, 0.1) is 46.3 Å². The van der Waals surface area contributed by atoms with E-state index in [1.807, 2.05) is 44.2 Å². The Balaban J connectivity index is 1.19. The van der Waals surface area contributed by atoms with E-state index in [1.54, 1.807) is 6.92 Å². The predicted octanol–water partition coefficient (Wildman–Crippen LogP) is 5.86. The molecule has 0 spiro atoms. The number of esters is 1. The predicted molar refractivity (Wildman–Crippen MR) is 161 cm³/mol. The van der Waals surface area contributed by atoms with Gasteiger partial charge in [0.05, 0.1) is 6.04 Å². The van der Waals surface area contributed by atoms with Crippen LogP contribution in [0.25, 0.3) is 0 Å². The molecule has 3 N–H and O–H groups in total. The highest BCUT2D eigenvalue weighted by atomic mass is 16.5. The normalized spacial score (nSPS) is 37.7. The van der Waals surface area contributed by atoms with Crippen LogP contribution in [0.4, 0.5) is 0 Å². The first-order chi connectivity index (χ1) is 19.4. The Bertz CT molecular complexity index is 1120. The van der Waals surface area contributed by atoms with Gasteiger partial charge in [0.15, 0.2) is 0 Å². The Kier molecular flexibility index (Phi) is 8.72. The van der Waals surface area contributed by atoms with Gasteiger partial charge in [-0.2, -0.15) is 0 Å². The van der Waals surface area contributed by atoms with E-state index >= 15 is 0 Å². The Labute approximate surface area is 246 Å². The summed E-state index contributed by atoms with van der Waals surface area (Å²) in [4.78, 5) is 38.8. The molecule has 41 heavy (non-hydrogen) atoms. The molecule has 4 aliphatic carbocycles. The summed E-state index contributed by atoms with van der Waals surface area (Å²) in [6.45, 7) is 10.6. The molecule has 5 rings (SSSR count). The first-order valence-electron chi connectivity index (χ1n) is 16.2. The third-order valence-corrected chi connectivity index (χ3v) is 12.2. The SMILES string of the molecule is CC(=O)[C@H]1CC[C@H]2[C@@H]3CC[C@H]4CC(OC(=O)[C@@H](NC(=O)[C@@H](N)Cc5ccccc5)C(C)C)CC[C@]4(C)[C@H]3CC[C@]12C. The van der Waals surface area contributed by atoms with Crippen LogP contribution in [0.3, 0.4) is 0 Å². The Hall–Kier alpha value is -2.21. The number of hydrogen-bond donors (Lipinski definition) is 2. The zero-order valence-corrected chi connectivity index (χ0v) is 25.9. The van der Waals surface area contributed by atoms with Gasteiger partial charge in [0.2, 0.25) is 5.91 Å². The second-order valence-electron chi connectivity index (χ2n) is 14.8. The van der Waals surface area contributed by atoms with Gasteiger partial charge in [-0.15, -0.1) is 0 Å². The minimum absolute atomic E-state index is 0.0959. The fourth-order valence-electron chi connectivity index (χ4n) is 9.95. The topological polar surface area (TPSA) is 98.5 Å². The number of ketones is 1. The fraction of sp³-hybridized carbons (Fsp3) is 0.743. The van der Waals surface area contributed by atoms with Crippen LogP contribution < -0.4 is 11.1 Å². The number of hydrogen-bond acceptors (Lipinski definition) is 5. The number of carbonyl (C=O) groups excluding carboxylic acids is 3. The van der Waals surface area contributed by atoms with E-state index in [-0.39, 0.29) is 40.6 Å². The summed E-state index contributed by atoms with van der Waals surface area (Å²) in [7, 11) is 0. The highest BCUT2D eigenvalue weighted by molar-refractivity contribution is 5.87. The zero-order chi connectivity index (χ0) is 29.5. The number of ether oxygens (including phenoxy) is 1. The minimum atomic E-state index is -0.722. The first kappa shape index (κ1) is 30.3. The molecule has 4 fully saturated rings. The van der Waals surface area contributed by atoms with E-state index < -0.39 is 12.1 Å². The smallest absolute Gasteiger partial charge is 0.329 e. The van der Waals surface area contributed by atoms with E-state index in [0.717, 1.165) is 37.2 Å². The maximum Gasteiger partial charge on any atom is 0.329 e. The van der Waals surface area contributed by atoms with E-state index in [2.05, 4.69) is 19.2 Å². The van der Waals surface area contributed by atoms with Crippen molar-refractivity contribution in [2.45, 2.75) is 117 Å². The molecular formula is C35H52N2O4. The average molecular weight is 565 g/mol. The van der Waals surface area contributed by atoms with Crippen molar-refractivity contribution in [2.75, 3.05) is 0 Å². The van der Waals surface area contributed by atoms with Crippen LogP contribution in [0.1, 0.15) is 98.0 Å². The van der Waals surface area contributed by atoms with E-state index in [1.165, 1.54) is 32.1 Å². The van der Waals surface area contributed by atoms with Gasteiger partial charge in [-0.1, -0.05) is 58.0 Å². The minimum Gasteiger partial charge on any atom is -0.461 e. The van der Waals surface area contributed by atoms with Crippen molar-refractivity contribution in [3.63, 3.8) is 0 Å². The maximum atomic E-state index is 13.4. The molecule has 0 radical (unpaired) electrons. The summed E-state index contributed by atoms with van der Waals surface area (Å²) in [5.74, 6) is 2.54. The molecule has 1 amide bonds. The van der Waals surface area contributed by atoms with Gasteiger partial charge in [0, 0.05) is 5.92 Å². The van der Waals surface area contributed by atoms with Crippen LogP contribution in [-0.4, -0.2) is 35.8 Å². The van der Waals surface area contributed by atoms with Crippen molar-refractivity contribution in [1.29, 1.82) is 0 Å². The molecule has 226 valence electrons. The number of nitrogens with one attached hydrogen (secondary N) is 1. The lowest BCUT2D eigenvalue weighted by atomic mass is 9.44. The molecule has 10 atom stereocenters. The molecule has 6 nitrogen and oxygen atoms in total. The zero-order valence-electron chi connectivity index (χ0n) is 25.9. The maximum absolute atomic E-state index is 13.4. The second kappa shape index (κ2) is 11.8. The number of rotatable bonds is 8. The lowest BCUT2D eigenvalue weighted by Crippen LogP contribution is -2.55. The summed E-state index contributed by atoms with van der Waals surface area (Å²) in [6, 6.07) is 8.27. The van der Waals surface area contributed by atoms with Crippen molar-refractivity contribution in [1.82, 2.24) is 5.32 Å².